The van der Waals surface area contributed by atoms with Gasteiger partial charge in [0.05, 0.1) is 0 Å². The van der Waals surface area contributed by atoms with Crippen molar-refractivity contribution in [2.24, 2.45) is 11.3 Å². The number of carbonyl (C=O) groups is 1. The van der Waals surface area contributed by atoms with Crippen LogP contribution in [0.4, 0.5) is 0 Å². The Kier molecular flexibility index (Phi) is 4.97. The average molecular weight is 371 g/mol. The summed E-state index contributed by atoms with van der Waals surface area (Å²) in [5.41, 5.74) is 4.74. The van der Waals surface area contributed by atoms with E-state index < -0.39 is 10.4 Å². The van der Waals surface area contributed by atoms with Gasteiger partial charge in [-0.1, -0.05) is 18.6 Å². The van der Waals surface area contributed by atoms with Gasteiger partial charge >= 0.3 is 10.4 Å². The standard InChI is InChI=1S/C18H20O5S.Na/c1-18-9-8-14-13-5-3-12(23-24(20,21)22)10-11(13)2-4-15(14)16(18)6-7-17(18)19;/h3,5,10,16H,2,4,6-9H2,1H3,(H,20,21,22);/t16-,18-;/m0./s1. The van der Waals surface area contributed by atoms with Gasteiger partial charge in [0.2, 0.25) is 0 Å². The molecule has 1 saturated carbocycles. The van der Waals surface area contributed by atoms with Gasteiger partial charge in [-0.15, -0.1) is 0 Å². The molecule has 0 saturated heterocycles. The van der Waals surface area contributed by atoms with Crippen LogP contribution in [0.3, 0.4) is 0 Å². The fraction of sp³-hybridized carbons (Fsp3) is 0.500. The van der Waals surface area contributed by atoms with E-state index in [1.54, 1.807) is 12.1 Å². The molecule has 4 rings (SSSR count). The van der Waals surface area contributed by atoms with Crippen molar-refractivity contribution >= 4 is 51.3 Å². The molecule has 0 heterocycles. The maximum absolute atomic E-state index is 12.3. The number of allylic oxidation sites excluding steroid dienone is 2. The Morgan fingerprint density at radius 2 is 1.96 bits per heavy atom. The number of benzene rings is 1. The molecule has 2 atom stereocenters. The monoisotopic (exact) mass is 371 g/mol. The molecule has 1 fully saturated rings. The van der Waals surface area contributed by atoms with Crippen LogP contribution in [0.25, 0.3) is 5.57 Å². The van der Waals surface area contributed by atoms with E-state index in [1.165, 1.54) is 11.1 Å². The molecule has 1 N–H and O–H groups in total. The number of fused-ring (bicyclic) bond motifs is 4. The molecule has 0 aliphatic heterocycles. The van der Waals surface area contributed by atoms with E-state index in [4.69, 9.17) is 4.55 Å². The van der Waals surface area contributed by atoms with Gasteiger partial charge in [-0.2, -0.15) is 8.42 Å². The third-order valence-corrected chi connectivity index (χ3v) is 6.44. The summed E-state index contributed by atoms with van der Waals surface area (Å²) in [6.45, 7) is 2.12. The summed E-state index contributed by atoms with van der Waals surface area (Å²) in [6.07, 6.45) is 5.12. The van der Waals surface area contributed by atoms with Crippen LogP contribution in [0.5, 0.6) is 5.75 Å². The molecule has 129 valence electrons. The van der Waals surface area contributed by atoms with Crippen LogP contribution < -0.4 is 4.18 Å². The molecule has 0 unspecified atom stereocenters. The van der Waals surface area contributed by atoms with Crippen LogP contribution in [0.2, 0.25) is 0 Å². The van der Waals surface area contributed by atoms with Crippen molar-refractivity contribution in [3.63, 3.8) is 0 Å². The number of hydrogen-bond donors (Lipinski definition) is 1. The minimum Gasteiger partial charge on any atom is -0.362 e. The minimum absolute atomic E-state index is 0. The molecular formula is C18H20NaO5S. The first-order valence-electron chi connectivity index (χ1n) is 8.33. The zero-order valence-corrected chi connectivity index (χ0v) is 17.4. The van der Waals surface area contributed by atoms with E-state index in [-0.39, 0.29) is 40.7 Å². The molecule has 7 heteroatoms. The molecule has 1 aromatic carbocycles. The van der Waals surface area contributed by atoms with E-state index in [9.17, 15) is 13.2 Å². The van der Waals surface area contributed by atoms with E-state index in [1.807, 2.05) is 6.07 Å². The van der Waals surface area contributed by atoms with Gasteiger partial charge in [0.1, 0.15) is 11.5 Å². The number of carbonyl (C=O) groups excluding carboxylic acids is 1. The van der Waals surface area contributed by atoms with Gasteiger partial charge in [0.25, 0.3) is 0 Å². The molecular weight excluding hydrogens is 351 g/mol. The SMILES string of the molecule is C[C@]12CCC3=C(CCc4cc(OS(=O)(=O)O)ccc43)[C@@H]1CCC2=O.[Na]. The fourth-order valence-corrected chi connectivity index (χ4v) is 5.20. The molecule has 0 aromatic heterocycles. The van der Waals surface area contributed by atoms with Crippen molar-refractivity contribution < 1.29 is 21.9 Å². The number of rotatable bonds is 2. The predicted octanol–water partition coefficient (Wildman–Crippen LogP) is 2.97. The summed E-state index contributed by atoms with van der Waals surface area (Å²) in [4.78, 5) is 12.3. The van der Waals surface area contributed by atoms with Crippen LogP contribution in [0.15, 0.2) is 23.8 Å². The smallest absolute Gasteiger partial charge is 0.362 e. The molecule has 0 amide bonds. The van der Waals surface area contributed by atoms with E-state index in [2.05, 4.69) is 11.1 Å². The van der Waals surface area contributed by atoms with E-state index >= 15 is 0 Å². The summed E-state index contributed by atoms with van der Waals surface area (Å²) in [5, 5.41) is 0. The van der Waals surface area contributed by atoms with Crippen molar-refractivity contribution in [2.75, 3.05) is 0 Å². The zero-order chi connectivity index (χ0) is 17.1. The summed E-state index contributed by atoms with van der Waals surface area (Å²) >= 11 is 0. The van der Waals surface area contributed by atoms with Gasteiger partial charge in [-0.05, 0) is 66.9 Å². The molecule has 25 heavy (non-hydrogen) atoms. The summed E-state index contributed by atoms with van der Waals surface area (Å²) in [6, 6.07) is 5.15. The van der Waals surface area contributed by atoms with Gasteiger partial charge < -0.3 is 4.18 Å². The Balaban J connectivity index is 0.00000182. The Labute approximate surface area is 170 Å². The Morgan fingerprint density at radius 3 is 2.68 bits per heavy atom. The van der Waals surface area contributed by atoms with Crippen LogP contribution in [-0.2, 0) is 21.6 Å². The van der Waals surface area contributed by atoms with Crippen LogP contribution in [0.1, 0.15) is 50.2 Å². The van der Waals surface area contributed by atoms with Gasteiger partial charge in [0, 0.05) is 41.4 Å². The van der Waals surface area contributed by atoms with Crippen molar-refractivity contribution in [1.82, 2.24) is 0 Å². The van der Waals surface area contributed by atoms with Crippen LogP contribution in [0, 0.1) is 11.3 Å². The van der Waals surface area contributed by atoms with Gasteiger partial charge in [-0.3, -0.25) is 9.35 Å². The first-order valence-corrected chi connectivity index (χ1v) is 9.70. The first-order chi connectivity index (χ1) is 11.3. The van der Waals surface area contributed by atoms with Gasteiger partial charge in [-0.25, -0.2) is 0 Å². The van der Waals surface area contributed by atoms with E-state index in [0.29, 0.717) is 18.1 Å². The Hall–Kier alpha value is -0.660. The quantitative estimate of drug-likeness (QED) is 0.639. The molecule has 3 aliphatic rings. The Morgan fingerprint density at radius 1 is 1.20 bits per heavy atom. The molecule has 1 radical (unpaired) electrons. The maximum Gasteiger partial charge on any atom is 0.446 e. The summed E-state index contributed by atoms with van der Waals surface area (Å²) in [7, 11) is -4.50. The molecule has 0 bridgehead atoms. The minimum atomic E-state index is -4.50. The van der Waals surface area contributed by atoms with Crippen LogP contribution in [-0.4, -0.2) is 48.3 Å². The number of aryl methyl sites for hydroxylation is 1. The number of Topliss-reactive ketones (excluding diaryl/α,β-unsaturated/α-hetero) is 1. The van der Waals surface area contributed by atoms with E-state index in [0.717, 1.165) is 43.2 Å². The Bertz CT molecular complexity index is 873. The third kappa shape index (κ3) is 3.23. The molecule has 0 spiro atoms. The molecule has 3 aliphatic carbocycles. The number of hydrogen-bond acceptors (Lipinski definition) is 4. The normalized spacial score (nSPS) is 27.9. The summed E-state index contributed by atoms with van der Waals surface area (Å²) in [5.74, 6) is 0.898. The molecule has 1 aromatic rings. The second-order valence-corrected chi connectivity index (χ2v) is 8.29. The zero-order valence-electron chi connectivity index (χ0n) is 14.5. The maximum atomic E-state index is 12.3. The average Bonchev–Trinajstić information content (AvgIpc) is 2.81. The third-order valence-electron chi connectivity index (χ3n) is 6.04. The second-order valence-electron chi connectivity index (χ2n) is 7.27. The van der Waals surface area contributed by atoms with Crippen molar-refractivity contribution in [3.8, 4) is 5.75 Å². The largest absolute Gasteiger partial charge is 0.446 e. The topological polar surface area (TPSA) is 80.7 Å². The van der Waals surface area contributed by atoms with Crippen molar-refractivity contribution in [1.29, 1.82) is 0 Å². The van der Waals surface area contributed by atoms with Gasteiger partial charge in [0.15, 0.2) is 0 Å². The predicted molar refractivity (Wildman–Crippen MR) is 94.7 cm³/mol. The van der Waals surface area contributed by atoms with Crippen molar-refractivity contribution in [3.05, 3.63) is 34.9 Å². The van der Waals surface area contributed by atoms with Crippen molar-refractivity contribution in [2.45, 2.75) is 45.4 Å². The first kappa shape index (κ1) is 19.1. The number of ketones is 1. The fourth-order valence-electron chi connectivity index (χ4n) is 4.85. The molecule has 5 nitrogen and oxygen atoms in total. The van der Waals surface area contributed by atoms with Crippen LogP contribution >= 0.6 is 0 Å². The summed E-state index contributed by atoms with van der Waals surface area (Å²) < 4.78 is 35.2. The second kappa shape index (κ2) is 6.50.